The first-order valence-electron chi connectivity index (χ1n) is 8.12. The predicted octanol–water partition coefficient (Wildman–Crippen LogP) is 5.88. The van der Waals surface area contributed by atoms with Crippen LogP contribution in [0.5, 0.6) is 11.6 Å². The van der Waals surface area contributed by atoms with Crippen molar-refractivity contribution in [3.63, 3.8) is 0 Å². The molecule has 0 unspecified atom stereocenters. The molecule has 0 bridgehead atoms. The topological polar surface area (TPSA) is 51.2 Å². The molecule has 3 rings (SSSR count). The third-order valence-corrected chi connectivity index (χ3v) is 4.08. The molecular weight excluding hydrogens is 393 g/mol. The zero-order valence-electron chi connectivity index (χ0n) is 14.3. The molecule has 28 heavy (non-hydrogen) atoms. The van der Waals surface area contributed by atoms with Crippen LogP contribution in [0.1, 0.15) is 21.5 Å². The number of amides is 1. The highest BCUT2D eigenvalue weighted by Crippen LogP contribution is 2.29. The maximum Gasteiger partial charge on any atom is 0.416 e. The average molecular weight is 407 g/mol. The van der Waals surface area contributed by atoms with E-state index in [4.69, 9.17) is 16.3 Å². The molecule has 3 aromatic rings. The Kier molecular flexibility index (Phi) is 5.84. The normalized spacial score (nSPS) is 11.1. The van der Waals surface area contributed by atoms with Gasteiger partial charge in [0, 0.05) is 17.5 Å². The second-order valence-corrected chi connectivity index (χ2v) is 6.06. The Bertz CT molecular complexity index is 941. The fraction of sp³-hybridized carbons (Fsp3) is 0.100. The molecule has 0 fully saturated rings. The van der Waals surface area contributed by atoms with Crippen molar-refractivity contribution in [2.24, 2.45) is 0 Å². The molecule has 1 N–H and O–H groups in total. The lowest BCUT2D eigenvalue weighted by Gasteiger charge is -2.09. The van der Waals surface area contributed by atoms with E-state index in [-0.39, 0.29) is 5.56 Å². The van der Waals surface area contributed by atoms with E-state index in [9.17, 15) is 18.0 Å². The zero-order chi connectivity index (χ0) is 20.1. The second kappa shape index (κ2) is 8.31. The average Bonchev–Trinajstić information content (AvgIpc) is 2.69. The molecule has 0 aliphatic heterocycles. The van der Waals surface area contributed by atoms with Gasteiger partial charge in [-0.25, -0.2) is 4.98 Å². The fourth-order valence-corrected chi connectivity index (χ4v) is 2.47. The summed E-state index contributed by atoms with van der Waals surface area (Å²) in [6, 6.07) is 14.3. The highest BCUT2D eigenvalue weighted by atomic mass is 35.5. The SMILES string of the molecule is O=C(Nc1ccc(Oc2ccc(CCl)cc2)nc1)c1ccc(C(F)(F)F)cc1. The first-order valence-corrected chi connectivity index (χ1v) is 8.66. The van der Waals surface area contributed by atoms with E-state index >= 15 is 0 Å². The van der Waals surface area contributed by atoms with Crippen molar-refractivity contribution in [2.75, 3.05) is 5.32 Å². The highest BCUT2D eigenvalue weighted by Gasteiger charge is 2.30. The smallest absolute Gasteiger partial charge is 0.416 e. The third-order valence-electron chi connectivity index (χ3n) is 3.77. The maximum atomic E-state index is 12.6. The van der Waals surface area contributed by atoms with Gasteiger partial charge < -0.3 is 10.1 Å². The number of nitrogens with one attached hydrogen (secondary N) is 1. The van der Waals surface area contributed by atoms with Gasteiger partial charge in [-0.3, -0.25) is 4.79 Å². The van der Waals surface area contributed by atoms with Crippen molar-refractivity contribution in [3.05, 3.63) is 83.6 Å². The molecule has 8 heteroatoms. The lowest BCUT2D eigenvalue weighted by molar-refractivity contribution is -0.137. The van der Waals surface area contributed by atoms with E-state index in [1.807, 2.05) is 12.1 Å². The highest BCUT2D eigenvalue weighted by molar-refractivity contribution is 6.17. The van der Waals surface area contributed by atoms with Crippen LogP contribution in [0.3, 0.4) is 0 Å². The number of ether oxygens (including phenoxy) is 1. The molecule has 1 heterocycles. The molecule has 0 aliphatic carbocycles. The van der Waals surface area contributed by atoms with Gasteiger partial charge in [0.2, 0.25) is 5.88 Å². The fourth-order valence-electron chi connectivity index (χ4n) is 2.30. The van der Waals surface area contributed by atoms with Crippen molar-refractivity contribution in [1.29, 1.82) is 0 Å². The Hall–Kier alpha value is -3.06. The van der Waals surface area contributed by atoms with E-state index in [2.05, 4.69) is 10.3 Å². The number of alkyl halides is 4. The van der Waals surface area contributed by atoms with Gasteiger partial charge in [-0.15, -0.1) is 11.6 Å². The van der Waals surface area contributed by atoms with Gasteiger partial charge in [0.05, 0.1) is 17.4 Å². The minimum absolute atomic E-state index is 0.104. The molecule has 0 aliphatic rings. The van der Waals surface area contributed by atoms with Gasteiger partial charge in [0.1, 0.15) is 5.75 Å². The Morgan fingerprint density at radius 2 is 1.68 bits per heavy atom. The Labute approximate surface area is 163 Å². The lowest BCUT2D eigenvalue weighted by Crippen LogP contribution is -2.13. The molecule has 0 saturated heterocycles. The van der Waals surface area contributed by atoms with Gasteiger partial charge in [-0.2, -0.15) is 13.2 Å². The number of rotatable bonds is 5. The zero-order valence-corrected chi connectivity index (χ0v) is 15.1. The van der Waals surface area contributed by atoms with Gasteiger partial charge in [0.25, 0.3) is 5.91 Å². The summed E-state index contributed by atoms with van der Waals surface area (Å²) < 4.78 is 43.3. The van der Waals surface area contributed by atoms with Gasteiger partial charge in [-0.05, 0) is 48.0 Å². The van der Waals surface area contributed by atoms with Crippen LogP contribution in [0, 0.1) is 0 Å². The molecule has 144 valence electrons. The molecule has 0 atom stereocenters. The van der Waals surface area contributed by atoms with Crippen LogP contribution in [0.15, 0.2) is 66.9 Å². The van der Waals surface area contributed by atoms with Crippen LogP contribution < -0.4 is 10.1 Å². The van der Waals surface area contributed by atoms with Crippen molar-refractivity contribution < 1.29 is 22.7 Å². The van der Waals surface area contributed by atoms with Crippen molar-refractivity contribution in [2.45, 2.75) is 12.1 Å². The standard InChI is InChI=1S/C20H14ClF3N2O2/c21-11-13-1-8-17(9-2-13)28-18-10-7-16(12-25-18)26-19(27)14-3-5-15(6-4-14)20(22,23)24/h1-10,12H,11H2,(H,26,27). The summed E-state index contributed by atoms with van der Waals surface area (Å²) in [6.45, 7) is 0. The summed E-state index contributed by atoms with van der Waals surface area (Å²) in [7, 11) is 0. The number of halogens is 4. The first-order chi connectivity index (χ1) is 13.3. The molecule has 0 spiro atoms. The Balaban J connectivity index is 1.62. The molecule has 1 aromatic heterocycles. The number of anilines is 1. The lowest BCUT2D eigenvalue weighted by atomic mass is 10.1. The summed E-state index contributed by atoms with van der Waals surface area (Å²) in [5.41, 5.74) is 0.636. The van der Waals surface area contributed by atoms with E-state index in [0.29, 0.717) is 23.2 Å². The van der Waals surface area contributed by atoms with Crippen molar-refractivity contribution in [1.82, 2.24) is 4.98 Å². The van der Waals surface area contributed by atoms with Gasteiger partial charge in [-0.1, -0.05) is 12.1 Å². The summed E-state index contributed by atoms with van der Waals surface area (Å²) in [6.07, 6.45) is -3.05. The number of hydrogen-bond acceptors (Lipinski definition) is 3. The minimum Gasteiger partial charge on any atom is -0.439 e. The third kappa shape index (κ3) is 5.01. The molecule has 0 radical (unpaired) electrons. The van der Waals surface area contributed by atoms with E-state index in [1.165, 1.54) is 6.20 Å². The van der Waals surface area contributed by atoms with Crippen LogP contribution in [-0.2, 0) is 12.1 Å². The minimum atomic E-state index is -4.45. The number of benzene rings is 2. The Morgan fingerprint density at radius 3 is 2.21 bits per heavy atom. The van der Waals surface area contributed by atoms with E-state index < -0.39 is 17.6 Å². The molecular formula is C20H14ClF3N2O2. The number of carbonyl (C=O) groups is 1. The number of nitrogens with zero attached hydrogens (tertiary/aromatic N) is 1. The predicted molar refractivity (Wildman–Crippen MR) is 99.7 cm³/mol. The van der Waals surface area contributed by atoms with Crippen molar-refractivity contribution in [3.8, 4) is 11.6 Å². The summed E-state index contributed by atoms with van der Waals surface area (Å²) in [4.78, 5) is 16.2. The van der Waals surface area contributed by atoms with Crippen LogP contribution in [-0.4, -0.2) is 10.9 Å². The van der Waals surface area contributed by atoms with Crippen LogP contribution >= 0.6 is 11.6 Å². The van der Waals surface area contributed by atoms with Gasteiger partial charge >= 0.3 is 6.18 Å². The van der Waals surface area contributed by atoms with Crippen LogP contribution in [0.4, 0.5) is 18.9 Å². The number of carbonyl (C=O) groups excluding carboxylic acids is 1. The summed E-state index contributed by atoms with van der Waals surface area (Å²) in [5.74, 6) is 0.779. The molecule has 1 amide bonds. The summed E-state index contributed by atoms with van der Waals surface area (Å²) in [5, 5.41) is 2.57. The molecule has 0 saturated carbocycles. The summed E-state index contributed by atoms with van der Waals surface area (Å²) >= 11 is 5.73. The van der Waals surface area contributed by atoms with E-state index in [0.717, 1.165) is 29.8 Å². The monoisotopic (exact) mass is 406 g/mol. The molecule has 2 aromatic carbocycles. The van der Waals surface area contributed by atoms with Gasteiger partial charge in [0.15, 0.2) is 0 Å². The maximum absolute atomic E-state index is 12.6. The van der Waals surface area contributed by atoms with Crippen LogP contribution in [0.25, 0.3) is 0 Å². The second-order valence-electron chi connectivity index (χ2n) is 5.79. The largest absolute Gasteiger partial charge is 0.439 e. The number of pyridine rings is 1. The van der Waals surface area contributed by atoms with E-state index in [1.54, 1.807) is 24.3 Å². The number of aromatic nitrogens is 1. The molecule has 4 nitrogen and oxygen atoms in total. The quantitative estimate of drug-likeness (QED) is 0.538. The van der Waals surface area contributed by atoms with Crippen LogP contribution in [0.2, 0.25) is 0 Å². The Morgan fingerprint density at radius 1 is 1.00 bits per heavy atom. The number of hydrogen-bond donors (Lipinski definition) is 1. The first kappa shape index (κ1) is 19.7. The van der Waals surface area contributed by atoms with Crippen molar-refractivity contribution >= 4 is 23.2 Å².